The highest BCUT2D eigenvalue weighted by molar-refractivity contribution is 7.10. The first-order valence-corrected chi connectivity index (χ1v) is 13.0. The molecule has 0 bridgehead atoms. The number of hydrogen-bond acceptors (Lipinski definition) is 5. The van der Waals surface area contributed by atoms with Gasteiger partial charge in [0, 0.05) is 35.1 Å². The fourth-order valence-corrected chi connectivity index (χ4v) is 5.25. The summed E-state index contributed by atoms with van der Waals surface area (Å²) in [7, 11) is 0. The van der Waals surface area contributed by atoms with E-state index in [2.05, 4.69) is 31.1 Å². The van der Waals surface area contributed by atoms with E-state index in [0.717, 1.165) is 29.1 Å². The number of amides is 2. The topological polar surface area (TPSA) is 71.5 Å². The number of piperidine rings is 1. The van der Waals surface area contributed by atoms with Gasteiger partial charge in [-0.05, 0) is 54.2 Å². The van der Waals surface area contributed by atoms with Crippen LogP contribution in [0.3, 0.4) is 0 Å². The maximum absolute atomic E-state index is 12.9. The summed E-state index contributed by atoms with van der Waals surface area (Å²) in [5.41, 5.74) is 2.25. The Bertz CT molecular complexity index is 1180. The van der Waals surface area contributed by atoms with Gasteiger partial charge >= 0.3 is 0 Å². The molecule has 2 heterocycles. The Kier molecular flexibility index (Phi) is 7.77. The third-order valence-electron chi connectivity index (χ3n) is 6.11. The number of ether oxygens (including phenoxy) is 1. The van der Waals surface area contributed by atoms with Crippen molar-refractivity contribution in [3.05, 3.63) is 75.2 Å². The molecule has 0 radical (unpaired) electrons. The van der Waals surface area contributed by atoms with Gasteiger partial charge < -0.3 is 15.0 Å². The second-order valence-electron chi connectivity index (χ2n) is 9.72. The average molecular weight is 512 g/mol. The summed E-state index contributed by atoms with van der Waals surface area (Å²) in [4.78, 5) is 31.9. The van der Waals surface area contributed by atoms with Crippen LogP contribution in [0.4, 0.5) is 5.69 Å². The van der Waals surface area contributed by atoms with E-state index in [1.807, 2.05) is 34.5 Å². The summed E-state index contributed by atoms with van der Waals surface area (Å²) in [6, 6.07) is 14.8. The lowest BCUT2D eigenvalue weighted by molar-refractivity contribution is -0.134. The van der Waals surface area contributed by atoms with Crippen molar-refractivity contribution in [2.24, 2.45) is 0 Å². The van der Waals surface area contributed by atoms with Gasteiger partial charge in [-0.25, -0.2) is 4.98 Å². The summed E-state index contributed by atoms with van der Waals surface area (Å²) < 4.78 is 5.59. The Morgan fingerprint density at radius 2 is 1.80 bits per heavy atom. The first kappa shape index (κ1) is 25.2. The van der Waals surface area contributed by atoms with Crippen molar-refractivity contribution in [2.75, 3.05) is 25.0 Å². The first-order valence-electron chi connectivity index (χ1n) is 11.7. The number of nitrogens with zero attached hydrogens (tertiary/aromatic N) is 2. The minimum absolute atomic E-state index is 0.00388. The smallest absolute Gasteiger partial charge is 0.275 e. The number of anilines is 1. The Balaban J connectivity index is 1.30. The van der Waals surface area contributed by atoms with Gasteiger partial charge in [0.25, 0.3) is 11.8 Å². The predicted octanol–water partition coefficient (Wildman–Crippen LogP) is 6.13. The molecule has 0 saturated carbocycles. The van der Waals surface area contributed by atoms with E-state index in [1.165, 1.54) is 11.3 Å². The Morgan fingerprint density at radius 3 is 2.49 bits per heavy atom. The number of para-hydroxylation sites is 1. The largest absolute Gasteiger partial charge is 0.484 e. The Hall–Kier alpha value is -2.90. The monoisotopic (exact) mass is 511 g/mol. The van der Waals surface area contributed by atoms with Crippen LogP contribution in [0.1, 0.15) is 60.6 Å². The second-order valence-corrected chi connectivity index (χ2v) is 11.0. The molecule has 1 saturated heterocycles. The van der Waals surface area contributed by atoms with Crippen molar-refractivity contribution >= 4 is 40.4 Å². The number of carbonyl (C=O) groups excluding carboxylic acids is 2. The first-order chi connectivity index (χ1) is 16.7. The standard InChI is InChI=1S/C27H30ClN3O3S/c1-27(2,3)21-6-4-5-7-22(21)29-25(33)23-17-35-26(30-23)18-12-14-31(15-13-18)24(32)16-34-20-10-8-19(28)9-11-20/h4-11,17-18H,12-16H2,1-3H3,(H,29,33). The lowest BCUT2D eigenvalue weighted by atomic mass is 9.86. The molecule has 35 heavy (non-hydrogen) atoms. The molecule has 1 aliphatic heterocycles. The highest BCUT2D eigenvalue weighted by atomic mass is 35.5. The SMILES string of the molecule is CC(C)(C)c1ccccc1NC(=O)c1csc(C2CCN(C(=O)COc3ccc(Cl)cc3)CC2)n1. The van der Waals surface area contributed by atoms with Crippen LogP contribution in [-0.2, 0) is 10.2 Å². The van der Waals surface area contributed by atoms with Crippen LogP contribution in [0, 0.1) is 0 Å². The number of carbonyl (C=O) groups is 2. The van der Waals surface area contributed by atoms with Crippen LogP contribution in [0.2, 0.25) is 5.02 Å². The molecule has 0 unspecified atom stereocenters. The number of aromatic nitrogens is 1. The van der Waals surface area contributed by atoms with Crippen molar-refractivity contribution in [2.45, 2.75) is 44.9 Å². The van der Waals surface area contributed by atoms with Gasteiger partial charge in [0.2, 0.25) is 0 Å². The predicted molar refractivity (Wildman–Crippen MR) is 141 cm³/mol. The number of thiazole rings is 1. The third kappa shape index (κ3) is 6.41. The molecule has 6 nitrogen and oxygen atoms in total. The fraction of sp³-hybridized carbons (Fsp3) is 0.370. The zero-order chi connectivity index (χ0) is 25.0. The van der Waals surface area contributed by atoms with E-state index in [9.17, 15) is 9.59 Å². The number of rotatable bonds is 6. The molecule has 0 aliphatic carbocycles. The van der Waals surface area contributed by atoms with Crippen LogP contribution in [0.5, 0.6) is 5.75 Å². The summed E-state index contributed by atoms with van der Waals surface area (Å²) in [5.74, 6) is 0.632. The zero-order valence-electron chi connectivity index (χ0n) is 20.2. The number of benzene rings is 2. The van der Waals surface area contributed by atoms with Crippen LogP contribution in [0.15, 0.2) is 53.9 Å². The van der Waals surface area contributed by atoms with Gasteiger partial charge in [0.05, 0.1) is 5.01 Å². The van der Waals surface area contributed by atoms with Gasteiger partial charge in [-0.15, -0.1) is 11.3 Å². The molecule has 4 rings (SSSR count). The molecule has 184 valence electrons. The van der Waals surface area contributed by atoms with Gasteiger partial charge in [-0.3, -0.25) is 9.59 Å². The lowest BCUT2D eigenvalue weighted by Crippen LogP contribution is -2.40. The van der Waals surface area contributed by atoms with Gasteiger partial charge in [0.1, 0.15) is 11.4 Å². The van der Waals surface area contributed by atoms with E-state index < -0.39 is 0 Å². The summed E-state index contributed by atoms with van der Waals surface area (Å²) in [5, 5.41) is 6.43. The number of halogens is 1. The minimum Gasteiger partial charge on any atom is -0.484 e. The molecular weight excluding hydrogens is 482 g/mol. The van der Waals surface area contributed by atoms with E-state index in [-0.39, 0.29) is 29.8 Å². The Labute approximate surface area is 215 Å². The van der Waals surface area contributed by atoms with Crippen molar-refractivity contribution in [3.8, 4) is 5.75 Å². The van der Waals surface area contributed by atoms with Gasteiger partial charge in [0.15, 0.2) is 6.61 Å². The molecule has 1 fully saturated rings. The average Bonchev–Trinajstić information content (AvgIpc) is 3.34. The zero-order valence-corrected chi connectivity index (χ0v) is 21.8. The van der Waals surface area contributed by atoms with Gasteiger partial charge in [-0.1, -0.05) is 50.6 Å². The molecule has 1 aromatic heterocycles. The van der Waals surface area contributed by atoms with Crippen LogP contribution < -0.4 is 10.1 Å². The second kappa shape index (κ2) is 10.8. The van der Waals surface area contributed by atoms with Gasteiger partial charge in [-0.2, -0.15) is 0 Å². The molecule has 1 aliphatic rings. The molecule has 0 spiro atoms. The molecular formula is C27H30ClN3O3S. The quantitative estimate of drug-likeness (QED) is 0.432. The van der Waals surface area contributed by atoms with Crippen LogP contribution >= 0.6 is 22.9 Å². The summed E-state index contributed by atoms with van der Waals surface area (Å²) >= 11 is 7.39. The molecule has 1 N–H and O–H groups in total. The molecule has 0 atom stereocenters. The maximum atomic E-state index is 12.9. The highest BCUT2D eigenvalue weighted by Crippen LogP contribution is 2.32. The van der Waals surface area contributed by atoms with Crippen molar-refractivity contribution < 1.29 is 14.3 Å². The third-order valence-corrected chi connectivity index (χ3v) is 7.37. The Morgan fingerprint density at radius 1 is 1.11 bits per heavy atom. The highest BCUT2D eigenvalue weighted by Gasteiger charge is 2.27. The molecule has 2 amide bonds. The summed E-state index contributed by atoms with van der Waals surface area (Å²) in [6.07, 6.45) is 1.63. The summed E-state index contributed by atoms with van der Waals surface area (Å²) in [6.45, 7) is 7.67. The molecule has 2 aromatic carbocycles. The van der Waals surface area contributed by atoms with E-state index in [4.69, 9.17) is 16.3 Å². The number of likely N-dealkylation sites (tertiary alicyclic amines) is 1. The van der Waals surface area contributed by atoms with E-state index in [0.29, 0.717) is 29.6 Å². The van der Waals surface area contributed by atoms with Crippen molar-refractivity contribution in [1.82, 2.24) is 9.88 Å². The lowest BCUT2D eigenvalue weighted by Gasteiger charge is -2.31. The van der Waals surface area contributed by atoms with Crippen LogP contribution in [-0.4, -0.2) is 41.4 Å². The molecule has 3 aromatic rings. The maximum Gasteiger partial charge on any atom is 0.275 e. The number of hydrogen-bond donors (Lipinski definition) is 1. The minimum atomic E-state index is -0.198. The molecule has 8 heteroatoms. The van der Waals surface area contributed by atoms with Crippen molar-refractivity contribution in [1.29, 1.82) is 0 Å². The van der Waals surface area contributed by atoms with E-state index in [1.54, 1.807) is 24.3 Å². The van der Waals surface area contributed by atoms with Crippen molar-refractivity contribution in [3.63, 3.8) is 0 Å². The normalized spacial score (nSPS) is 14.6. The van der Waals surface area contributed by atoms with E-state index >= 15 is 0 Å². The van der Waals surface area contributed by atoms with Crippen LogP contribution in [0.25, 0.3) is 0 Å². The number of nitrogens with one attached hydrogen (secondary N) is 1. The fourth-order valence-electron chi connectivity index (χ4n) is 4.15.